The van der Waals surface area contributed by atoms with E-state index in [1.165, 1.54) is 0 Å². The number of nitrogens with zero attached hydrogens (tertiary/aromatic N) is 4. The second-order valence-corrected chi connectivity index (χ2v) is 7.34. The molecule has 0 radical (unpaired) electrons. The van der Waals surface area contributed by atoms with Gasteiger partial charge in [-0.15, -0.1) is 0 Å². The number of amides is 2. The number of pyridine rings is 1. The summed E-state index contributed by atoms with van der Waals surface area (Å²) in [5, 5.41) is 2.99. The Morgan fingerprint density at radius 3 is 2.93 bits per heavy atom. The highest BCUT2D eigenvalue weighted by Gasteiger charge is 2.27. The third-order valence-electron chi connectivity index (χ3n) is 5.08. The van der Waals surface area contributed by atoms with E-state index in [0.29, 0.717) is 12.2 Å². The fraction of sp³-hybridized carbons (Fsp3) is 0.550. The van der Waals surface area contributed by atoms with Gasteiger partial charge in [-0.1, -0.05) is 19.4 Å². The van der Waals surface area contributed by atoms with Crippen molar-refractivity contribution in [1.29, 1.82) is 0 Å². The van der Waals surface area contributed by atoms with Gasteiger partial charge in [0.15, 0.2) is 5.69 Å². The highest BCUT2D eigenvalue weighted by atomic mass is 16.2. The lowest BCUT2D eigenvalue weighted by atomic mass is 10.2. The van der Waals surface area contributed by atoms with Crippen LogP contribution in [0.1, 0.15) is 49.3 Å². The Bertz CT molecular complexity index is 816. The molecule has 1 saturated heterocycles. The Balaban J connectivity index is 1.83. The highest BCUT2D eigenvalue weighted by Crippen LogP contribution is 2.20. The number of carbonyl (C=O) groups excluding carboxylic acids is 2. The van der Waals surface area contributed by atoms with Gasteiger partial charge in [-0.2, -0.15) is 0 Å². The van der Waals surface area contributed by atoms with Crippen molar-refractivity contribution in [2.24, 2.45) is 0 Å². The third kappa shape index (κ3) is 4.47. The van der Waals surface area contributed by atoms with Crippen LogP contribution < -0.4 is 5.32 Å². The SMILES string of the molecule is CCCCN(C)C(=O)c1nc2ccccn2c1CN1CC[C@H](NC(C)=O)C1. The standard InChI is InChI=1S/C20H29N5O2/c1-4-5-10-23(3)20(27)19-17(25-11-7-6-8-18(25)22-19)14-24-12-9-16(13-24)21-15(2)26/h6-8,11,16H,4-5,9-10,12-14H2,1-3H3,(H,21,26)/t16-/m0/s1. The molecule has 3 rings (SSSR count). The molecule has 2 aromatic rings. The van der Waals surface area contributed by atoms with Gasteiger partial charge >= 0.3 is 0 Å². The topological polar surface area (TPSA) is 70.0 Å². The average molecular weight is 371 g/mol. The minimum atomic E-state index is -0.0280. The van der Waals surface area contributed by atoms with Crippen molar-refractivity contribution in [2.75, 3.05) is 26.7 Å². The lowest BCUT2D eigenvalue weighted by molar-refractivity contribution is -0.119. The van der Waals surface area contributed by atoms with Gasteiger partial charge in [0.1, 0.15) is 5.65 Å². The molecule has 7 nitrogen and oxygen atoms in total. The zero-order valence-electron chi connectivity index (χ0n) is 16.4. The Morgan fingerprint density at radius 2 is 2.19 bits per heavy atom. The van der Waals surface area contributed by atoms with Crippen LogP contribution in [-0.4, -0.2) is 63.7 Å². The Morgan fingerprint density at radius 1 is 1.37 bits per heavy atom. The number of likely N-dealkylation sites (tertiary alicyclic amines) is 1. The Hall–Kier alpha value is -2.41. The maximum Gasteiger partial charge on any atom is 0.274 e. The van der Waals surface area contributed by atoms with Gasteiger partial charge in [-0.3, -0.25) is 14.5 Å². The first-order valence-electron chi connectivity index (χ1n) is 9.70. The summed E-state index contributed by atoms with van der Waals surface area (Å²) < 4.78 is 2.01. The molecule has 0 unspecified atom stereocenters. The Kier molecular flexibility index (Phi) is 6.11. The van der Waals surface area contributed by atoms with Crippen molar-refractivity contribution in [1.82, 2.24) is 24.5 Å². The molecule has 0 aliphatic carbocycles. The summed E-state index contributed by atoms with van der Waals surface area (Å²) in [6.45, 7) is 6.73. The second kappa shape index (κ2) is 8.52. The summed E-state index contributed by atoms with van der Waals surface area (Å²) in [5.74, 6) is -0.0233. The van der Waals surface area contributed by atoms with Crippen LogP contribution in [0.25, 0.3) is 5.65 Å². The smallest absolute Gasteiger partial charge is 0.274 e. The summed E-state index contributed by atoms with van der Waals surface area (Å²) in [7, 11) is 1.84. The molecule has 7 heteroatoms. The van der Waals surface area contributed by atoms with E-state index in [2.05, 4.69) is 22.1 Å². The van der Waals surface area contributed by atoms with Gasteiger partial charge in [0.2, 0.25) is 5.91 Å². The largest absolute Gasteiger partial charge is 0.352 e. The molecule has 0 aromatic carbocycles. The van der Waals surface area contributed by atoms with E-state index >= 15 is 0 Å². The van der Waals surface area contributed by atoms with E-state index in [1.807, 2.05) is 35.8 Å². The van der Waals surface area contributed by atoms with E-state index < -0.39 is 0 Å². The molecule has 146 valence electrons. The van der Waals surface area contributed by atoms with Gasteiger partial charge in [-0.05, 0) is 25.0 Å². The molecule has 27 heavy (non-hydrogen) atoms. The lowest BCUT2D eigenvalue weighted by Crippen LogP contribution is -2.35. The fourth-order valence-electron chi connectivity index (χ4n) is 3.64. The van der Waals surface area contributed by atoms with Gasteiger partial charge < -0.3 is 14.6 Å². The molecule has 0 spiro atoms. The van der Waals surface area contributed by atoms with E-state index in [4.69, 9.17) is 0 Å². The van der Waals surface area contributed by atoms with Crippen LogP contribution in [0.2, 0.25) is 0 Å². The number of rotatable bonds is 7. The number of fused-ring (bicyclic) bond motifs is 1. The number of unbranched alkanes of at least 4 members (excludes halogenated alkanes) is 1. The summed E-state index contributed by atoms with van der Waals surface area (Å²) in [6, 6.07) is 5.99. The van der Waals surface area contributed by atoms with Crippen molar-refractivity contribution < 1.29 is 9.59 Å². The summed E-state index contributed by atoms with van der Waals surface area (Å²) in [5.41, 5.74) is 2.24. The average Bonchev–Trinajstić information content (AvgIpc) is 3.23. The summed E-state index contributed by atoms with van der Waals surface area (Å²) >= 11 is 0. The molecule has 1 fully saturated rings. The highest BCUT2D eigenvalue weighted by molar-refractivity contribution is 5.94. The maximum atomic E-state index is 13.0. The molecular weight excluding hydrogens is 342 g/mol. The predicted molar refractivity (Wildman–Crippen MR) is 105 cm³/mol. The molecule has 0 saturated carbocycles. The van der Waals surface area contributed by atoms with Crippen LogP contribution in [0.5, 0.6) is 0 Å². The first-order valence-corrected chi connectivity index (χ1v) is 9.70. The van der Waals surface area contributed by atoms with Gasteiger partial charge in [0.05, 0.1) is 5.69 Å². The number of nitrogens with one attached hydrogen (secondary N) is 1. The van der Waals surface area contributed by atoms with Crippen molar-refractivity contribution in [3.05, 3.63) is 35.8 Å². The third-order valence-corrected chi connectivity index (χ3v) is 5.08. The molecule has 2 amide bonds. The first-order chi connectivity index (χ1) is 13.0. The van der Waals surface area contributed by atoms with E-state index in [1.54, 1.807) is 11.8 Å². The molecule has 1 aliphatic heterocycles. The van der Waals surface area contributed by atoms with Gasteiger partial charge in [0, 0.05) is 52.4 Å². The van der Waals surface area contributed by atoms with Crippen molar-refractivity contribution in [3.8, 4) is 0 Å². The van der Waals surface area contributed by atoms with Crippen molar-refractivity contribution >= 4 is 17.5 Å². The molecule has 1 atom stereocenters. The van der Waals surface area contributed by atoms with Crippen molar-refractivity contribution in [3.63, 3.8) is 0 Å². The van der Waals surface area contributed by atoms with Crippen LogP contribution in [0, 0.1) is 0 Å². The number of imidazole rings is 1. The molecular formula is C20H29N5O2. The number of hydrogen-bond acceptors (Lipinski definition) is 4. The number of hydrogen-bond donors (Lipinski definition) is 1. The second-order valence-electron chi connectivity index (χ2n) is 7.34. The van der Waals surface area contributed by atoms with Crippen LogP contribution in [0.15, 0.2) is 24.4 Å². The minimum Gasteiger partial charge on any atom is -0.352 e. The molecule has 0 bridgehead atoms. The zero-order valence-corrected chi connectivity index (χ0v) is 16.4. The zero-order chi connectivity index (χ0) is 19.4. The maximum absolute atomic E-state index is 13.0. The van der Waals surface area contributed by atoms with E-state index in [-0.39, 0.29) is 17.9 Å². The molecule has 2 aromatic heterocycles. The van der Waals surface area contributed by atoms with Gasteiger partial charge in [-0.25, -0.2) is 4.98 Å². The van der Waals surface area contributed by atoms with E-state index in [9.17, 15) is 9.59 Å². The van der Waals surface area contributed by atoms with Crippen molar-refractivity contribution in [2.45, 2.75) is 45.7 Å². The number of aromatic nitrogens is 2. The monoisotopic (exact) mass is 371 g/mol. The summed E-state index contributed by atoms with van der Waals surface area (Å²) in [4.78, 5) is 33.0. The molecule has 1 aliphatic rings. The normalized spacial score (nSPS) is 17.4. The quantitative estimate of drug-likeness (QED) is 0.807. The lowest BCUT2D eigenvalue weighted by Gasteiger charge is -2.19. The number of carbonyl (C=O) groups is 2. The first kappa shape index (κ1) is 19.4. The van der Waals surface area contributed by atoms with Gasteiger partial charge in [0.25, 0.3) is 5.91 Å². The van der Waals surface area contributed by atoms with Crippen LogP contribution in [0.3, 0.4) is 0 Å². The molecule has 1 N–H and O–H groups in total. The molecule has 3 heterocycles. The van der Waals surface area contributed by atoms with E-state index in [0.717, 1.165) is 50.2 Å². The predicted octanol–water partition coefficient (Wildman–Crippen LogP) is 1.92. The van der Waals surface area contributed by atoms with Crippen LogP contribution in [-0.2, 0) is 11.3 Å². The van der Waals surface area contributed by atoms with Crippen LogP contribution >= 0.6 is 0 Å². The Labute approximate surface area is 160 Å². The minimum absolute atomic E-state index is 0.00469. The fourth-order valence-corrected chi connectivity index (χ4v) is 3.64. The summed E-state index contributed by atoms with van der Waals surface area (Å²) in [6.07, 6.45) is 4.92. The van der Waals surface area contributed by atoms with Crippen LogP contribution in [0.4, 0.5) is 0 Å².